The monoisotopic (exact) mass is 281 g/mol. The van der Waals surface area contributed by atoms with E-state index in [0.29, 0.717) is 13.2 Å². The average molecular weight is 281 g/mol. The van der Waals surface area contributed by atoms with E-state index in [4.69, 9.17) is 9.47 Å². The standard InChI is InChI=1S/C14H19NO3S/c1-13(2,3)18-12(16)15-9-14(7-10(15)8-17-14)11-5-4-6-19-11/h4-6,10H,7-9H2,1-3H3/t10-,14-/m1/s1. The molecule has 2 saturated heterocycles. The van der Waals surface area contributed by atoms with E-state index in [-0.39, 0.29) is 17.7 Å². The van der Waals surface area contributed by atoms with E-state index in [1.165, 1.54) is 4.88 Å². The molecule has 0 saturated carbocycles. The molecule has 1 aromatic heterocycles. The summed E-state index contributed by atoms with van der Waals surface area (Å²) in [7, 11) is 0. The van der Waals surface area contributed by atoms with Crippen molar-refractivity contribution in [3.05, 3.63) is 22.4 Å². The van der Waals surface area contributed by atoms with Crippen LogP contribution in [0.1, 0.15) is 32.1 Å². The lowest BCUT2D eigenvalue weighted by Crippen LogP contribution is -2.46. The molecule has 0 N–H and O–H groups in total. The van der Waals surface area contributed by atoms with Crippen molar-refractivity contribution in [2.75, 3.05) is 13.2 Å². The maximum Gasteiger partial charge on any atom is 0.410 e. The van der Waals surface area contributed by atoms with Gasteiger partial charge in [-0.3, -0.25) is 4.90 Å². The summed E-state index contributed by atoms with van der Waals surface area (Å²) >= 11 is 1.69. The van der Waals surface area contributed by atoms with Crippen molar-refractivity contribution in [2.24, 2.45) is 0 Å². The minimum absolute atomic E-state index is 0.150. The molecule has 2 atom stereocenters. The molecule has 2 bridgehead atoms. The molecule has 3 rings (SSSR count). The van der Waals surface area contributed by atoms with Gasteiger partial charge >= 0.3 is 6.09 Å². The Labute approximate surface area is 117 Å². The van der Waals surface area contributed by atoms with Gasteiger partial charge in [-0.2, -0.15) is 0 Å². The number of likely N-dealkylation sites (tertiary alicyclic amines) is 1. The van der Waals surface area contributed by atoms with Crippen LogP contribution in [0.2, 0.25) is 0 Å². The summed E-state index contributed by atoms with van der Waals surface area (Å²) in [6.07, 6.45) is 0.659. The second-order valence-corrected chi connectivity index (χ2v) is 7.20. The Morgan fingerprint density at radius 2 is 2.37 bits per heavy atom. The number of morpholine rings is 1. The van der Waals surface area contributed by atoms with Gasteiger partial charge in [-0.1, -0.05) is 6.07 Å². The Kier molecular flexibility index (Phi) is 2.87. The molecule has 2 fully saturated rings. The van der Waals surface area contributed by atoms with Gasteiger partial charge in [0, 0.05) is 11.3 Å². The number of thiophene rings is 1. The molecular formula is C14H19NO3S. The highest BCUT2D eigenvalue weighted by Gasteiger charge is 2.54. The minimum Gasteiger partial charge on any atom is -0.444 e. The summed E-state index contributed by atoms with van der Waals surface area (Å²) in [5, 5.41) is 2.05. The average Bonchev–Trinajstić information content (AvgIpc) is 3.02. The van der Waals surface area contributed by atoms with Gasteiger partial charge < -0.3 is 9.47 Å². The number of carbonyl (C=O) groups is 1. The number of carbonyl (C=O) groups excluding carboxylic acids is 1. The van der Waals surface area contributed by atoms with E-state index in [9.17, 15) is 4.79 Å². The van der Waals surface area contributed by atoms with E-state index >= 15 is 0 Å². The summed E-state index contributed by atoms with van der Waals surface area (Å²) in [4.78, 5) is 15.3. The number of hydrogen-bond acceptors (Lipinski definition) is 4. The SMILES string of the molecule is CC(C)(C)OC(=O)N1C[C@@]2(c3cccs3)C[C@@H]1CO2. The molecule has 0 spiro atoms. The van der Waals surface area contributed by atoms with E-state index < -0.39 is 5.60 Å². The Balaban J connectivity index is 1.77. The summed E-state index contributed by atoms with van der Waals surface area (Å²) in [6.45, 7) is 6.89. The number of nitrogens with zero attached hydrogens (tertiary/aromatic N) is 1. The van der Waals surface area contributed by atoms with E-state index in [1.807, 2.05) is 31.7 Å². The van der Waals surface area contributed by atoms with Gasteiger partial charge in [-0.25, -0.2) is 4.79 Å². The maximum atomic E-state index is 12.2. The summed E-state index contributed by atoms with van der Waals surface area (Å²) in [5.74, 6) is 0. The number of amides is 1. The van der Waals surface area contributed by atoms with Gasteiger partial charge in [0.05, 0.1) is 19.2 Å². The van der Waals surface area contributed by atoms with Gasteiger partial charge in [0.1, 0.15) is 11.2 Å². The first-order chi connectivity index (χ1) is 8.90. The second-order valence-electron chi connectivity index (χ2n) is 6.25. The van der Waals surface area contributed by atoms with Gasteiger partial charge in [0.15, 0.2) is 0 Å². The molecule has 1 amide bonds. The Morgan fingerprint density at radius 3 is 3.00 bits per heavy atom. The van der Waals surface area contributed by atoms with Crippen molar-refractivity contribution in [3.63, 3.8) is 0 Å². The maximum absolute atomic E-state index is 12.2. The molecule has 0 unspecified atom stereocenters. The smallest absolute Gasteiger partial charge is 0.410 e. The largest absolute Gasteiger partial charge is 0.444 e. The third kappa shape index (κ3) is 2.25. The van der Waals surface area contributed by atoms with Crippen LogP contribution in [0.25, 0.3) is 0 Å². The fraction of sp³-hybridized carbons (Fsp3) is 0.643. The number of fused-ring (bicyclic) bond motifs is 2. The number of rotatable bonds is 1. The highest BCUT2D eigenvalue weighted by Crippen LogP contribution is 2.46. The van der Waals surface area contributed by atoms with Gasteiger partial charge in [0.2, 0.25) is 0 Å². The van der Waals surface area contributed by atoms with Crippen LogP contribution in [0, 0.1) is 0 Å². The molecular weight excluding hydrogens is 262 g/mol. The molecule has 5 heteroatoms. The lowest BCUT2D eigenvalue weighted by Gasteiger charge is -2.33. The van der Waals surface area contributed by atoms with Crippen molar-refractivity contribution in [2.45, 2.75) is 44.4 Å². The summed E-state index contributed by atoms with van der Waals surface area (Å²) in [6, 6.07) is 4.27. The Bertz CT molecular complexity index is 479. The number of hydrogen-bond donors (Lipinski definition) is 0. The zero-order valence-corrected chi connectivity index (χ0v) is 12.3. The molecule has 0 aromatic carbocycles. The molecule has 4 nitrogen and oxygen atoms in total. The van der Waals surface area contributed by atoms with Crippen molar-refractivity contribution < 1.29 is 14.3 Å². The van der Waals surface area contributed by atoms with Crippen LogP contribution >= 0.6 is 11.3 Å². The highest BCUT2D eigenvalue weighted by atomic mass is 32.1. The summed E-state index contributed by atoms with van der Waals surface area (Å²) < 4.78 is 11.4. The zero-order valence-electron chi connectivity index (χ0n) is 11.5. The van der Waals surface area contributed by atoms with Crippen molar-refractivity contribution >= 4 is 17.4 Å². The lowest BCUT2D eigenvalue weighted by atomic mass is 10.0. The van der Waals surface area contributed by atoms with Crippen molar-refractivity contribution in [1.82, 2.24) is 4.90 Å². The third-order valence-corrected chi connectivity index (χ3v) is 4.64. The molecule has 0 radical (unpaired) electrons. The van der Waals surface area contributed by atoms with Gasteiger partial charge in [-0.15, -0.1) is 11.3 Å². The molecule has 0 aliphatic carbocycles. The zero-order chi connectivity index (χ0) is 13.7. The van der Waals surface area contributed by atoms with E-state index in [0.717, 1.165) is 6.42 Å². The van der Waals surface area contributed by atoms with Gasteiger partial charge in [0.25, 0.3) is 0 Å². The van der Waals surface area contributed by atoms with Crippen LogP contribution < -0.4 is 0 Å². The third-order valence-electron chi connectivity index (χ3n) is 3.58. The fourth-order valence-electron chi connectivity index (χ4n) is 2.79. The Hall–Kier alpha value is -1.07. The lowest BCUT2D eigenvalue weighted by molar-refractivity contribution is -0.0540. The second kappa shape index (κ2) is 4.21. The summed E-state index contributed by atoms with van der Waals surface area (Å²) in [5.41, 5.74) is -0.744. The predicted octanol–water partition coefficient (Wildman–Crippen LogP) is 2.98. The van der Waals surface area contributed by atoms with Gasteiger partial charge in [-0.05, 0) is 32.2 Å². The quantitative estimate of drug-likeness (QED) is 0.794. The van der Waals surface area contributed by atoms with Crippen molar-refractivity contribution in [3.8, 4) is 0 Å². The molecule has 104 valence electrons. The van der Waals surface area contributed by atoms with Crippen LogP contribution in [0.3, 0.4) is 0 Å². The van der Waals surface area contributed by atoms with Crippen LogP contribution in [-0.2, 0) is 15.1 Å². The topological polar surface area (TPSA) is 38.8 Å². The predicted molar refractivity (Wildman–Crippen MR) is 73.3 cm³/mol. The van der Waals surface area contributed by atoms with Crippen LogP contribution in [0.15, 0.2) is 17.5 Å². The minimum atomic E-state index is -0.449. The number of ether oxygens (including phenoxy) is 2. The van der Waals surface area contributed by atoms with E-state index in [1.54, 1.807) is 11.3 Å². The van der Waals surface area contributed by atoms with Crippen LogP contribution in [-0.4, -0.2) is 35.8 Å². The first-order valence-corrected chi connectivity index (χ1v) is 7.45. The molecule has 3 heterocycles. The Morgan fingerprint density at radius 1 is 1.58 bits per heavy atom. The van der Waals surface area contributed by atoms with Crippen LogP contribution in [0.5, 0.6) is 0 Å². The normalized spacial score (nSPS) is 29.8. The molecule has 2 aliphatic rings. The molecule has 2 aliphatic heterocycles. The van der Waals surface area contributed by atoms with Crippen LogP contribution in [0.4, 0.5) is 4.79 Å². The highest BCUT2D eigenvalue weighted by molar-refractivity contribution is 7.10. The molecule has 1 aromatic rings. The first kappa shape index (κ1) is 12.9. The van der Waals surface area contributed by atoms with Crippen molar-refractivity contribution in [1.29, 1.82) is 0 Å². The first-order valence-electron chi connectivity index (χ1n) is 6.57. The van der Waals surface area contributed by atoms with E-state index in [2.05, 4.69) is 11.4 Å². The fourth-order valence-corrected chi connectivity index (χ4v) is 3.67. The molecule has 19 heavy (non-hydrogen) atoms.